The highest BCUT2D eigenvalue weighted by atomic mass is 16.5. The Morgan fingerprint density at radius 3 is 2.57 bits per heavy atom. The predicted molar refractivity (Wildman–Crippen MR) is 51.8 cm³/mol. The third-order valence-electron chi connectivity index (χ3n) is 2.04. The molecule has 0 saturated heterocycles. The second-order valence-electron chi connectivity index (χ2n) is 3.01. The summed E-state index contributed by atoms with van der Waals surface area (Å²) in [5.74, 6) is 0. The van der Waals surface area contributed by atoms with Crippen molar-refractivity contribution in [3.8, 4) is 0 Å². The molecule has 0 aliphatic carbocycles. The van der Waals surface area contributed by atoms with Crippen molar-refractivity contribution in [3.63, 3.8) is 0 Å². The molecule has 0 bridgehead atoms. The zero-order valence-electron chi connectivity index (χ0n) is 7.44. The van der Waals surface area contributed by atoms with Crippen molar-refractivity contribution >= 4 is 0 Å². The van der Waals surface area contributed by atoms with Crippen LogP contribution >= 0.6 is 0 Å². The van der Waals surface area contributed by atoms with Gasteiger partial charge in [0.05, 0.1) is 11.7 Å². The van der Waals surface area contributed by atoms with Crippen molar-refractivity contribution in [1.82, 2.24) is 5.16 Å². The van der Waals surface area contributed by atoms with Crippen LogP contribution in [0.5, 0.6) is 0 Å². The van der Waals surface area contributed by atoms with E-state index < -0.39 is 5.63 Å². The Morgan fingerprint density at radius 1 is 1.29 bits per heavy atom. The maximum atomic E-state index is 10.8. The Kier molecular flexibility index (Phi) is 2.20. The molecule has 14 heavy (non-hydrogen) atoms. The van der Waals surface area contributed by atoms with E-state index in [9.17, 15) is 4.79 Å². The third-order valence-corrected chi connectivity index (χ3v) is 2.04. The molecule has 0 amide bonds. The smallest absolute Gasteiger partial charge is 0.339 e. The minimum Gasteiger partial charge on any atom is -0.339 e. The first kappa shape index (κ1) is 8.77. The molecule has 0 radical (unpaired) electrons. The highest BCUT2D eigenvalue weighted by molar-refractivity contribution is 5.25. The van der Waals surface area contributed by atoms with Crippen LogP contribution in [-0.2, 0) is 0 Å². The summed E-state index contributed by atoms with van der Waals surface area (Å²) in [5.41, 5.74) is 7.01. The van der Waals surface area contributed by atoms with Gasteiger partial charge in [0.25, 0.3) is 0 Å². The summed E-state index contributed by atoms with van der Waals surface area (Å²) in [4.78, 5) is 10.8. The van der Waals surface area contributed by atoms with E-state index in [4.69, 9.17) is 5.73 Å². The van der Waals surface area contributed by atoms with Gasteiger partial charge in [0.15, 0.2) is 0 Å². The number of hydrogen-bond acceptors (Lipinski definition) is 3. The lowest BCUT2D eigenvalue weighted by Crippen LogP contribution is -2.12. The van der Waals surface area contributed by atoms with E-state index in [-0.39, 0.29) is 6.04 Å². The molecule has 1 unspecified atom stereocenters. The van der Waals surface area contributed by atoms with Gasteiger partial charge in [-0.1, -0.05) is 30.3 Å². The Morgan fingerprint density at radius 2 is 2.00 bits per heavy atom. The van der Waals surface area contributed by atoms with Crippen molar-refractivity contribution in [2.45, 2.75) is 6.04 Å². The summed E-state index contributed by atoms with van der Waals surface area (Å²) < 4.78 is 4.55. The summed E-state index contributed by atoms with van der Waals surface area (Å²) in [6, 6.07) is 10.5. The lowest BCUT2D eigenvalue weighted by Gasteiger charge is -2.07. The molecule has 3 N–H and O–H groups in total. The van der Waals surface area contributed by atoms with Gasteiger partial charge < -0.3 is 10.3 Å². The third kappa shape index (κ3) is 1.60. The quantitative estimate of drug-likeness (QED) is 0.742. The average molecular weight is 190 g/mol. The average Bonchev–Trinajstić information content (AvgIpc) is 2.65. The van der Waals surface area contributed by atoms with E-state index >= 15 is 0 Å². The molecule has 0 aliphatic heterocycles. The largest absolute Gasteiger partial charge is 0.357 e. The van der Waals surface area contributed by atoms with Gasteiger partial charge in [-0.2, -0.15) is 0 Å². The van der Waals surface area contributed by atoms with E-state index in [1.165, 1.54) is 6.07 Å². The lowest BCUT2D eigenvalue weighted by molar-refractivity contribution is 0.382. The van der Waals surface area contributed by atoms with E-state index in [2.05, 4.69) is 9.68 Å². The van der Waals surface area contributed by atoms with Gasteiger partial charge in [-0.25, -0.2) is 9.95 Å². The van der Waals surface area contributed by atoms with Crippen LogP contribution in [0.25, 0.3) is 0 Å². The van der Waals surface area contributed by atoms with Gasteiger partial charge in [0.1, 0.15) is 0 Å². The molecular formula is C10H10N2O2. The van der Waals surface area contributed by atoms with E-state index in [0.717, 1.165) is 5.56 Å². The number of H-pyrrole nitrogens is 1. The molecule has 0 aliphatic rings. The van der Waals surface area contributed by atoms with Crippen LogP contribution < -0.4 is 11.4 Å². The number of nitrogens with one attached hydrogen (secondary N) is 1. The minimum absolute atomic E-state index is 0.345. The highest BCUT2D eigenvalue weighted by Gasteiger charge is 2.10. The summed E-state index contributed by atoms with van der Waals surface area (Å²) in [5, 5.41) is 2.49. The topological polar surface area (TPSA) is 72.0 Å². The Bertz CT molecular complexity index is 458. The summed E-state index contributed by atoms with van der Waals surface area (Å²) in [7, 11) is 0. The zero-order chi connectivity index (χ0) is 9.97. The first-order valence-electron chi connectivity index (χ1n) is 4.26. The van der Waals surface area contributed by atoms with Crippen LogP contribution in [0, 0.1) is 0 Å². The number of nitrogens with two attached hydrogens (primary N) is 1. The molecule has 2 rings (SSSR count). The lowest BCUT2D eigenvalue weighted by atomic mass is 10.1. The molecular weight excluding hydrogens is 180 g/mol. The van der Waals surface area contributed by atoms with Crippen LogP contribution in [0.3, 0.4) is 0 Å². The van der Waals surface area contributed by atoms with Crippen molar-refractivity contribution in [3.05, 3.63) is 58.1 Å². The molecule has 1 heterocycles. The Hall–Kier alpha value is -1.81. The van der Waals surface area contributed by atoms with Crippen molar-refractivity contribution in [2.75, 3.05) is 0 Å². The molecule has 0 spiro atoms. The van der Waals surface area contributed by atoms with Crippen LogP contribution in [0.15, 0.2) is 45.7 Å². The van der Waals surface area contributed by atoms with Gasteiger partial charge in [-0.15, -0.1) is 0 Å². The fraction of sp³-hybridized carbons (Fsp3) is 0.100. The molecule has 1 aromatic carbocycles. The van der Waals surface area contributed by atoms with Gasteiger partial charge in [0.2, 0.25) is 0 Å². The molecule has 1 atom stereocenters. The number of hydrogen-bond donors (Lipinski definition) is 2. The predicted octanol–water partition coefficient (Wildman–Crippen LogP) is 1.02. The number of rotatable bonds is 2. The molecule has 4 nitrogen and oxygen atoms in total. The highest BCUT2D eigenvalue weighted by Crippen LogP contribution is 2.15. The monoisotopic (exact) mass is 190 g/mol. The molecule has 1 aromatic heterocycles. The molecule has 0 saturated carbocycles. The number of benzene rings is 1. The van der Waals surface area contributed by atoms with Crippen molar-refractivity contribution in [1.29, 1.82) is 0 Å². The summed E-state index contributed by atoms with van der Waals surface area (Å²) in [6.07, 6.45) is 0. The van der Waals surface area contributed by atoms with E-state index in [1.54, 1.807) is 0 Å². The van der Waals surface area contributed by atoms with Gasteiger partial charge in [0, 0.05) is 6.07 Å². The second kappa shape index (κ2) is 3.51. The number of aromatic nitrogens is 1. The maximum absolute atomic E-state index is 10.8. The van der Waals surface area contributed by atoms with Gasteiger partial charge in [-0.3, -0.25) is 0 Å². The molecule has 4 heteroatoms. The van der Waals surface area contributed by atoms with Crippen molar-refractivity contribution in [2.24, 2.45) is 5.73 Å². The second-order valence-corrected chi connectivity index (χ2v) is 3.01. The summed E-state index contributed by atoms with van der Waals surface area (Å²) in [6.45, 7) is 0. The molecule has 2 aromatic rings. The summed E-state index contributed by atoms with van der Waals surface area (Å²) >= 11 is 0. The SMILES string of the molecule is NC(c1ccccc1)c1cc(=O)o[nH]1. The van der Waals surface area contributed by atoms with Crippen LogP contribution in [0.1, 0.15) is 17.3 Å². The van der Waals surface area contributed by atoms with Crippen molar-refractivity contribution < 1.29 is 4.52 Å². The molecule has 72 valence electrons. The van der Waals surface area contributed by atoms with Gasteiger partial charge in [-0.05, 0) is 5.56 Å². The Balaban J connectivity index is 2.33. The van der Waals surface area contributed by atoms with Crippen LogP contribution in [0.4, 0.5) is 0 Å². The first-order chi connectivity index (χ1) is 6.77. The minimum atomic E-state index is -0.411. The fourth-order valence-corrected chi connectivity index (χ4v) is 1.29. The molecule has 0 fully saturated rings. The maximum Gasteiger partial charge on any atom is 0.357 e. The fourth-order valence-electron chi connectivity index (χ4n) is 1.29. The first-order valence-corrected chi connectivity index (χ1v) is 4.26. The van der Waals surface area contributed by atoms with E-state index in [0.29, 0.717) is 5.69 Å². The van der Waals surface area contributed by atoms with E-state index in [1.807, 2.05) is 30.3 Å². The zero-order valence-corrected chi connectivity index (χ0v) is 7.44. The normalized spacial score (nSPS) is 12.6. The number of aromatic amines is 1. The van der Waals surface area contributed by atoms with Gasteiger partial charge >= 0.3 is 5.63 Å². The van der Waals surface area contributed by atoms with Crippen LogP contribution in [-0.4, -0.2) is 5.16 Å². The Labute approximate surface area is 80.3 Å². The van der Waals surface area contributed by atoms with Crippen LogP contribution in [0.2, 0.25) is 0 Å². The standard InChI is InChI=1S/C10H10N2O2/c11-10(7-4-2-1-3-5-7)8-6-9(13)14-12-8/h1-6,10,12H,11H2.